The van der Waals surface area contributed by atoms with Gasteiger partial charge in [-0.2, -0.15) is 4.98 Å². The minimum atomic E-state index is 0.614. The van der Waals surface area contributed by atoms with Gasteiger partial charge >= 0.3 is 0 Å². The summed E-state index contributed by atoms with van der Waals surface area (Å²) in [6, 6.07) is 7.57. The average molecular weight is 361 g/mol. The van der Waals surface area contributed by atoms with E-state index in [0.29, 0.717) is 16.7 Å². The summed E-state index contributed by atoms with van der Waals surface area (Å²) in [6.45, 7) is 6.79. The van der Waals surface area contributed by atoms with E-state index in [1.807, 2.05) is 24.3 Å². The molecule has 2 fully saturated rings. The van der Waals surface area contributed by atoms with Crippen molar-refractivity contribution in [1.29, 1.82) is 0 Å². The molecule has 1 aromatic carbocycles. The first kappa shape index (κ1) is 17.0. The Morgan fingerprint density at radius 1 is 1.12 bits per heavy atom. The molecule has 0 spiro atoms. The van der Waals surface area contributed by atoms with Crippen LogP contribution in [0.4, 0.5) is 0 Å². The number of likely N-dealkylation sites (tertiary alicyclic amines) is 2. The second-order valence-electron chi connectivity index (χ2n) is 7.27. The van der Waals surface area contributed by atoms with Gasteiger partial charge in [0.2, 0.25) is 11.7 Å². The average Bonchev–Trinajstić information content (AvgIpc) is 3.27. The van der Waals surface area contributed by atoms with Gasteiger partial charge in [0.15, 0.2) is 0 Å². The van der Waals surface area contributed by atoms with E-state index < -0.39 is 0 Å². The Labute approximate surface area is 153 Å². The fourth-order valence-electron chi connectivity index (χ4n) is 4.03. The molecular weight excluding hydrogens is 336 g/mol. The Morgan fingerprint density at radius 3 is 2.80 bits per heavy atom. The molecule has 0 radical (unpaired) electrons. The lowest BCUT2D eigenvalue weighted by atomic mass is 9.97. The first-order valence-corrected chi connectivity index (χ1v) is 9.67. The van der Waals surface area contributed by atoms with Crippen LogP contribution in [0.5, 0.6) is 0 Å². The third-order valence-electron chi connectivity index (χ3n) is 5.23. The van der Waals surface area contributed by atoms with Crippen molar-refractivity contribution in [1.82, 2.24) is 19.9 Å². The summed E-state index contributed by atoms with van der Waals surface area (Å²) < 4.78 is 5.47. The van der Waals surface area contributed by atoms with Gasteiger partial charge in [-0.3, -0.25) is 4.90 Å². The zero-order chi connectivity index (χ0) is 17.1. The highest BCUT2D eigenvalue weighted by Crippen LogP contribution is 2.23. The summed E-state index contributed by atoms with van der Waals surface area (Å²) in [5.41, 5.74) is 0.896. The third kappa shape index (κ3) is 4.40. The highest BCUT2D eigenvalue weighted by molar-refractivity contribution is 6.30. The predicted octanol–water partition coefficient (Wildman–Crippen LogP) is 3.70. The first-order chi connectivity index (χ1) is 12.3. The van der Waals surface area contributed by atoms with Crippen molar-refractivity contribution in [2.75, 3.05) is 32.7 Å². The molecule has 134 valence electrons. The highest BCUT2D eigenvalue weighted by Gasteiger charge is 2.24. The van der Waals surface area contributed by atoms with Gasteiger partial charge in [0.1, 0.15) is 0 Å². The van der Waals surface area contributed by atoms with Gasteiger partial charge in [-0.1, -0.05) is 28.9 Å². The van der Waals surface area contributed by atoms with E-state index in [-0.39, 0.29) is 0 Å². The van der Waals surface area contributed by atoms with Crippen molar-refractivity contribution in [3.63, 3.8) is 0 Å². The molecule has 2 aromatic rings. The van der Waals surface area contributed by atoms with Gasteiger partial charge in [0, 0.05) is 23.7 Å². The summed E-state index contributed by atoms with van der Waals surface area (Å²) in [5.74, 6) is 2.07. The summed E-state index contributed by atoms with van der Waals surface area (Å²) >= 11 is 6.04. The number of nitrogens with zero attached hydrogens (tertiary/aromatic N) is 4. The molecule has 25 heavy (non-hydrogen) atoms. The minimum absolute atomic E-state index is 0.614. The van der Waals surface area contributed by atoms with Crippen LogP contribution in [0.1, 0.15) is 31.6 Å². The Balaban J connectivity index is 1.35. The second kappa shape index (κ2) is 7.85. The van der Waals surface area contributed by atoms with Crippen LogP contribution in [-0.4, -0.2) is 52.7 Å². The summed E-state index contributed by atoms with van der Waals surface area (Å²) in [7, 11) is 0. The SMILES string of the molecule is Clc1cccc(-c2noc(CN3CCCC(CN4CCCC4)C3)n2)c1. The van der Waals surface area contributed by atoms with Crippen molar-refractivity contribution < 1.29 is 4.52 Å². The second-order valence-corrected chi connectivity index (χ2v) is 7.71. The van der Waals surface area contributed by atoms with Crippen molar-refractivity contribution in [3.05, 3.63) is 35.2 Å². The van der Waals surface area contributed by atoms with E-state index in [1.54, 1.807) is 0 Å². The van der Waals surface area contributed by atoms with Gasteiger partial charge in [-0.25, -0.2) is 0 Å². The number of piperidine rings is 1. The molecule has 0 N–H and O–H groups in total. The molecule has 0 bridgehead atoms. The van der Waals surface area contributed by atoms with Crippen LogP contribution in [0, 0.1) is 5.92 Å². The predicted molar refractivity (Wildman–Crippen MR) is 98.4 cm³/mol. The fraction of sp³-hybridized carbons (Fsp3) is 0.579. The van der Waals surface area contributed by atoms with Gasteiger partial charge in [-0.15, -0.1) is 0 Å². The van der Waals surface area contributed by atoms with Crippen LogP contribution in [0.25, 0.3) is 11.4 Å². The van der Waals surface area contributed by atoms with Gasteiger partial charge in [0.25, 0.3) is 0 Å². The third-order valence-corrected chi connectivity index (χ3v) is 5.46. The Bertz CT molecular complexity index is 698. The lowest BCUT2D eigenvalue weighted by Crippen LogP contribution is -2.40. The standard InChI is InChI=1S/C19H25ClN4O/c20-17-7-3-6-16(11-17)19-21-18(25-22-19)14-24-10-4-5-15(13-24)12-23-8-1-2-9-23/h3,6-7,11,15H,1-2,4-5,8-10,12-14H2. The number of hydrogen-bond acceptors (Lipinski definition) is 5. The van der Waals surface area contributed by atoms with Crippen molar-refractivity contribution in [3.8, 4) is 11.4 Å². The van der Waals surface area contributed by atoms with E-state index in [0.717, 1.165) is 31.1 Å². The molecule has 0 saturated carbocycles. The molecule has 2 aliphatic rings. The highest BCUT2D eigenvalue weighted by atomic mass is 35.5. The van der Waals surface area contributed by atoms with Crippen LogP contribution < -0.4 is 0 Å². The molecule has 0 amide bonds. The van der Waals surface area contributed by atoms with E-state index in [9.17, 15) is 0 Å². The number of rotatable bonds is 5. The molecule has 6 heteroatoms. The normalized spacial score (nSPS) is 22.5. The maximum absolute atomic E-state index is 6.04. The Kier molecular flexibility index (Phi) is 5.34. The lowest BCUT2D eigenvalue weighted by molar-refractivity contribution is 0.126. The quantitative estimate of drug-likeness (QED) is 0.813. The summed E-state index contributed by atoms with van der Waals surface area (Å²) in [4.78, 5) is 9.64. The van der Waals surface area contributed by atoms with Crippen LogP contribution in [-0.2, 0) is 6.54 Å². The maximum Gasteiger partial charge on any atom is 0.241 e. The van der Waals surface area contributed by atoms with Crippen molar-refractivity contribution in [2.45, 2.75) is 32.2 Å². The molecule has 0 aliphatic carbocycles. The molecule has 1 unspecified atom stereocenters. The zero-order valence-corrected chi connectivity index (χ0v) is 15.3. The van der Waals surface area contributed by atoms with Crippen LogP contribution >= 0.6 is 11.6 Å². The number of aromatic nitrogens is 2. The topological polar surface area (TPSA) is 45.4 Å². The van der Waals surface area contributed by atoms with E-state index in [1.165, 1.54) is 45.3 Å². The van der Waals surface area contributed by atoms with Crippen molar-refractivity contribution in [2.24, 2.45) is 5.92 Å². The number of benzene rings is 1. The largest absolute Gasteiger partial charge is 0.338 e. The first-order valence-electron chi connectivity index (χ1n) is 9.29. The molecule has 2 saturated heterocycles. The fourth-order valence-corrected chi connectivity index (χ4v) is 4.22. The molecule has 1 aromatic heterocycles. The molecule has 2 aliphatic heterocycles. The van der Waals surface area contributed by atoms with Crippen LogP contribution in [0.15, 0.2) is 28.8 Å². The molecule has 4 rings (SSSR count). The molecular formula is C19H25ClN4O. The van der Waals surface area contributed by atoms with Crippen LogP contribution in [0.2, 0.25) is 5.02 Å². The minimum Gasteiger partial charge on any atom is -0.338 e. The van der Waals surface area contributed by atoms with Crippen LogP contribution in [0.3, 0.4) is 0 Å². The Morgan fingerprint density at radius 2 is 1.96 bits per heavy atom. The van der Waals surface area contributed by atoms with Gasteiger partial charge in [0.05, 0.1) is 6.54 Å². The monoisotopic (exact) mass is 360 g/mol. The van der Waals surface area contributed by atoms with Crippen molar-refractivity contribution >= 4 is 11.6 Å². The number of halogens is 1. The van der Waals surface area contributed by atoms with Gasteiger partial charge in [-0.05, 0) is 63.4 Å². The molecule has 3 heterocycles. The number of hydrogen-bond donors (Lipinski definition) is 0. The lowest BCUT2D eigenvalue weighted by Gasteiger charge is -2.33. The summed E-state index contributed by atoms with van der Waals surface area (Å²) in [5, 5.41) is 4.80. The molecule has 5 nitrogen and oxygen atoms in total. The van der Waals surface area contributed by atoms with E-state index in [2.05, 4.69) is 19.9 Å². The smallest absolute Gasteiger partial charge is 0.241 e. The van der Waals surface area contributed by atoms with Gasteiger partial charge < -0.3 is 9.42 Å². The van der Waals surface area contributed by atoms with E-state index in [4.69, 9.17) is 16.1 Å². The van der Waals surface area contributed by atoms with E-state index >= 15 is 0 Å². The molecule has 1 atom stereocenters. The summed E-state index contributed by atoms with van der Waals surface area (Å²) in [6.07, 6.45) is 5.33. The zero-order valence-electron chi connectivity index (χ0n) is 14.5. The Hall–Kier alpha value is -1.43. The maximum atomic E-state index is 6.04.